The van der Waals surface area contributed by atoms with Crippen molar-refractivity contribution < 1.29 is 38.4 Å². The maximum absolute atomic E-state index is 14.5. The minimum absolute atomic E-state index is 0.0365. The van der Waals surface area contributed by atoms with Gasteiger partial charge in [0, 0.05) is 55.8 Å². The second-order valence-electron chi connectivity index (χ2n) is 22.2. The van der Waals surface area contributed by atoms with E-state index in [4.69, 9.17) is 0 Å². The summed E-state index contributed by atoms with van der Waals surface area (Å²) >= 11 is 0. The molecule has 8 amide bonds. The SMILES string of the molecule is CN[C@@H](C)C(=O)N[C@H](C(=O)N1C[C@@H](NC(=O)c2cc(C(=O)N[C@H]3C[C@@H](C(=O)N[C@H](C)Cc4ccccc4)N(C(=O)[C@@H](NC(=O)[C@H](C)NC)C(C)(C)C)C3)[nH]n2)C[C@H]1CC(=O)N[C@H](C)Cc1ccccc1)C(C)(C)C. The average Bonchev–Trinajstić information content (AvgIpc) is 4.10. The third-order valence-corrected chi connectivity index (χ3v) is 13.7. The summed E-state index contributed by atoms with van der Waals surface area (Å²) in [6.45, 7) is 18.1. The zero-order valence-corrected chi connectivity index (χ0v) is 45.2. The zero-order valence-electron chi connectivity index (χ0n) is 45.2. The predicted molar refractivity (Wildman–Crippen MR) is 281 cm³/mol. The van der Waals surface area contributed by atoms with E-state index < -0.39 is 88.7 Å². The summed E-state index contributed by atoms with van der Waals surface area (Å²) in [7, 11) is 3.29. The summed E-state index contributed by atoms with van der Waals surface area (Å²) in [6.07, 6.45) is 1.38. The molecule has 3 heterocycles. The number of hydrogen-bond acceptors (Lipinski definition) is 11. The average molecular weight is 1030 g/mol. The number of aromatic amines is 1. The van der Waals surface area contributed by atoms with E-state index >= 15 is 0 Å². The molecule has 0 aliphatic carbocycles. The van der Waals surface area contributed by atoms with Crippen molar-refractivity contribution >= 4 is 47.3 Å². The van der Waals surface area contributed by atoms with E-state index in [0.717, 1.165) is 11.1 Å². The fraction of sp³-hybridized carbons (Fsp3) is 0.574. The summed E-state index contributed by atoms with van der Waals surface area (Å²) in [5.41, 5.74) is 0.436. The fourth-order valence-corrected chi connectivity index (χ4v) is 9.34. The summed E-state index contributed by atoms with van der Waals surface area (Å²) in [5, 5.41) is 30.3. The fourth-order valence-electron chi connectivity index (χ4n) is 9.34. The van der Waals surface area contributed by atoms with Crippen LogP contribution in [0.5, 0.6) is 0 Å². The van der Waals surface area contributed by atoms with Crippen LogP contribution in [-0.4, -0.2) is 155 Å². The van der Waals surface area contributed by atoms with Gasteiger partial charge in [-0.15, -0.1) is 0 Å². The number of nitrogens with zero attached hydrogens (tertiary/aromatic N) is 3. The Bertz CT molecular complexity index is 2440. The van der Waals surface area contributed by atoms with E-state index in [2.05, 4.69) is 52.7 Å². The van der Waals surface area contributed by atoms with Crippen LogP contribution >= 0.6 is 0 Å². The molecule has 0 saturated carbocycles. The number of carbonyl (C=O) groups is 8. The molecule has 5 rings (SSSR count). The lowest BCUT2D eigenvalue weighted by molar-refractivity contribution is -0.144. The minimum atomic E-state index is -1.01. The van der Waals surface area contributed by atoms with Gasteiger partial charge in [-0.05, 0) is 89.4 Å². The second kappa shape index (κ2) is 25.5. The van der Waals surface area contributed by atoms with E-state index in [1.807, 2.05) is 116 Å². The van der Waals surface area contributed by atoms with Crippen LogP contribution in [0.3, 0.4) is 0 Å². The lowest BCUT2D eigenvalue weighted by atomic mass is 9.85. The molecule has 2 saturated heterocycles. The maximum atomic E-state index is 14.5. The van der Waals surface area contributed by atoms with Gasteiger partial charge in [0.1, 0.15) is 23.8 Å². The number of carbonyl (C=O) groups excluding carboxylic acids is 8. The predicted octanol–water partition coefficient (Wildman–Crippen LogP) is 1.97. The molecule has 2 aromatic carbocycles. The molecular weight excluding hydrogens is 945 g/mol. The number of benzene rings is 2. The molecule has 0 bridgehead atoms. The van der Waals surface area contributed by atoms with Gasteiger partial charge in [-0.2, -0.15) is 5.10 Å². The molecule has 0 radical (unpaired) electrons. The van der Waals surface area contributed by atoms with Crippen molar-refractivity contribution in [2.24, 2.45) is 10.8 Å². The van der Waals surface area contributed by atoms with E-state index in [1.165, 1.54) is 11.0 Å². The summed E-state index contributed by atoms with van der Waals surface area (Å²) in [4.78, 5) is 114. The van der Waals surface area contributed by atoms with Crippen molar-refractivity contribution in [1.29, 1.82) is 0 Å². The summed E-state index contributed by atoms with van der Waals surface area (Å²) in [6, 6.07) is 14.1. The lowest BCUT2D eigenvalue weighted by Gasteiger charge is -2.36. The van der Waals surface area contributed by atoms with Crippen molar-refractivity contribution in [2.75, 3.05) is 27.2 Å². The molecule has 2 aliphatic heterocycles. The standard InChI is InChI=1S/C54H80N12O8/c1-31(23-35-19-15-13-16-20-35)57-43(67)27-39-25-37(29-65(39)51(73)44(53(5,6)7)61-46(68)33(3)55-11)59-48(70)40-28-41(64-63-40)49(71)60-38-26-42(50(72)58-32(2)24-36-21-17-14-18-22-36)66(30-38)52(74)45(54(8,9)10)62-47(69)34(4)56-12/h13-22,28,31-34,37-39,42,44-45,55-56H,23-27,29-30H2,1-12H3,(H,57,67)(H,58,72)(H,59,70)(H,60,71)(H,61,68)(H,62,69)(H,63,64)/t31-,32-,33+,34+,37+,38+,39+,42+,44-,45-/m1/s1. The molecule has 2 aliphatic rings. The molecule has 20 heteroatoms. The quantitative estimate of drug-likeness (QED) is 0.0745. The first-order valence-electron chi connectivity index (χ1n) is 25.7. The van der Waals surface area contributed by atoms with Crippen molar-refractivity contribution in [3.63, 3.8) is 0 Å². The van der Waals surface area contributed by atoms with Crippen molar-refractivity contribution in [3.8, 4) is 0 Å². The van der Waals surface area contributed by atoms with Crippen LogP contribution in [0.25, 0.3) is 0 Å². The molecule has 0 spiro atoms. The monoisotopic (exact) mass is 1020 g/mol. The van der Waals surface area contributed by atoms with Crippen molar-refractivity contribution in [3.05, 3.63) is 89.2 Å². The van der Waals surface area contributed by atoms with E-state index in [1.54, 1.807) is 32.8 Å². The molecule has 3 aromatic rings. The Morgan fingerprint density at radius 2 is 1.08 bits per heavy atom. The number of likely N-dealkylation sites (tertiary alicyclic amines) is 2. The number of aromatic nitrogens is 2. The first-order chi connectivity index (χ1) is 34.8. The highest BCUT2D eigenvalue weighted by atomic mass is 16.2. The van der Waals surface area contributed by atoms with Crippen LogP contribution in [-0.2, 0) is 41.6 Å². The molecule has 404 valence electrons. The van der Waals surface area contributed by atoms with E-state index in [0.29, 0.717) is 12.8 Å². The Hall–Kier alpha value is -6.67. The highest BCUT2D eigenvalue weighted by Gasteiger charge is 2.47. The highest BCUT2D eigenvalue weighted by Crippen LogP contribution is 2.29. The highest BCUT2D eigenvalue weighted by molar-refractivity contribution is 5.99. The van der Waals surface area contributed by atoms with Crippen LogP contribution in [0.15, 0.2) is 66.7 Å². The van der Waals surface area contributed by atoms with Gasteiger partial charge in [-0.3, -0.25) is 43.5 Å². The molecule has 0 unspecified atom stereocenters. The molecule has 1 aromatic heterocycles. The molecule has 9 N–H and O–H groups in total. The normalized spacial score (nSPS) is 20.3. The number of hydrogen-bond donors (Lipinski definition) is 9. The van der Waals surface area contributed by atoms with Crippen LogP contribution in [0, 0.1) is 10.8 Å². The minimum Gasteiger partial charge on any atom is -0.353 e. The van der Waals surface area contributed by atoms with Gasteiger partial charge in [-0.25, -0.2) is 0 Å². The van der Waals surface area contributed by atoms with Gasteiger partial charge >= 0.3 is 0 Å². The first-order valence-corrected chi connectivity index (χ1v) is 25.7. The summed E-state index contributed by atoms with van der Waals surface area (Å²) < 4.78 is 0. The zero-order chi connectivity index (χ0) is 54.7. The van der Waals surface area contributed by atoms with Crippen molar-refractivity contribution in [1.82, 2.24) is 62.5 Å². The Morgan fingerprint density at radius 1 is 0.622 bits per heavy atom. The number of nitrogens with one attached hydrogen (secondary N) is 9. The van der Waals surface area contributed by atoms with Gasteiger partial charge in [-0.1, -0.05) is 102 Å². The van der Waals surface area contributed by atoms with E-state index in [9.17, 15) is 38.4 Å². The molecular formula is C54H80N12O8. The van der Waals surface area contributed by atoms with Gasteiger partial charge < -0.3 is 52.3 Å². The largest absolute Gasteiger partial charge is 0.353 e. The third-order valence-electron chi connectivity index (χ3n) is 13.7. The van der Waals surface area contributed by atoms with Gasteiger partial charge in [0.2, 0.25) is 35.4 Å². The Morgan fingerprint density at radius 3 is 1.58 bits per heavy atom. The van der Waals surface area contributed by atoms with E-state index in [-0.39, 0.29) is 73.5 Å². The Balaban J connectivity index is 1.31. The van der Waals surface area contributed by atoms with Crippen LogP contribution < -0.4 is 42.5 Å². The molecule has 74 heavy (non-hydrogen) atoms. The lowest BCUT2D eigenvalue weighted by Crippen LogP contribution is -2.60. The number of likely N-dealkylation sites (N-methyl/N-ethyl adjacent to an activating group) is 2. The second-order valence-corrected chi connectivity index (χ2v) is 22.2. The maximum Gasteiger partial charge on any atom is 0.272 e. The van der Waals surface area contributed by atoms with Gasteiger partial charge in [0.15, 0.2) is 5.69 Å². The Labute approximate surface area is 435 Å². The molecule has 20 nitrogen and oxygen atoms in total. The van der Waals surface area contributed by atoms with Crippen molar-refractivity contribution in [2.45, 2.75) is 162 Å². The number of amides is 8. The number of H-pyrrole nitrogens is 1. The summed E-state index contributed by atoms with van der Waals surface area (Å²) in [5.74, 6) is -3.57. The molecule has 10 atom stereocenters. The molecule has 2 fully saturated rings. The first kappa shape index (κ1) is 58.2. The van der Waals surface area contributed by atoms with Crippen LogP contribution in [0.2, 0.25) is 0 Å². The third kappa shape index (κ3) is 15.9. The topological polar surface area (TPSA) is 268 Å². The van der Waals surface area contributed by atoms with Gasteiger partial charge in [0.25, 0.3) is 11.8 Å². The van der Waals surface area contributed by atoms with Gasteiger partial charge in [0.05, 0.1) is 12.1 Å². The smallest absolute Gasteiger partial charge is 0.272 e. The number of rotatable bonds is 21. The van der Waals surface area contributed by atoms with Crippen LogP contribution in [0.4, 0.5) is 0 Å². The Kier molecular flexibility index (Phi) is 20.1. The van der Waals surface area contributed by atoms with Crippen LogP contribution in [0.1, 0.15) is 121 Å².